The van der Waals surface area contributed by atoms with Crippen molar-refractivity contribution in [3.63, 3.8) is 0 Å². The van der Waals surface area contributed by atoms with Crippen LogP contribution in [0.4, 0.5) is 4.39 Å². The van der Waals surface area contributed by atoms with Crippen molar-refractivity contribution in [2.24, 2.45) is 4.99 Å². The van der Waals surface area contributed by atoms with Crippen LogP contribution in [0.25, 0.3) is 0 Å². The Morgan fingerprint density at radius 1 is 1.25 bits per heavy atom. The van der Waals surface area contributed by atoms with Gasteiger partial charge in [-0.05, 0) is 43.2 Å². The molecule has 1 N–H and O–H groups in total. The van der Waals surface area contributed by atoms with E-state index in [4.69, 9.17) is 0 Å². The van der Waals surface area contributed by atoms with Crippen molar-refractivity contribution < 1.29 is 4.39 Å². The van der Waals surface area contributed by atoms with Crippen LogP contribution in [0.1, 0.15) is 16.5 Å². The predicted molar refractivity (Wildman–Crippen MR) is 100.0 cm³/mol. The van der Waals surface area contributed by atoms with E-state index in [2.05, 4.69) is 46.8 Å². The van der Waals surface area contributed by atoms with E-state index in [1.165, 1.54) is 10.9 Å². The zero-order valence-corrected chi connectivity index (χ0v) is 15.5. The minimum Gasteiger partial charge on any atom is -0.354 e. The van der Waals surface area contributed by atoms with Gasteiger partial charge in [0.25, 0.3) is 0 Å². The second-order valence-electron chi connectivity index (χ2n) is 5.91. The molecule has 1 aromatic carbocycles. The van der Waals surface area contributed by atoms with Crippen LogP contribution in [0.15, 0.2) is 46.8 Å². The normalized spacial score (nSPS) is 13.2. The van der Waals surface area contributed by atoms with Crippen LogP contribution in [-0.4, -0.2) is 50.5 Å². The topological polar surface area (TPSA) is 30.9 Å². The van der Waals surface area contributed by atoms with E-state index in [9.17, 15) is 4.39 Å². The fraction of sp³-hybridized carbons (Fsp3) is 0.389. The average Bonchev–Trinajstić information content (AvgIpc) is 3.05. The molecule has 0 spiro atoms. The Labute approximate surface area is 147 Å². The van der Waals surface area contributed by atoms with E-state index in [1.54, 1.807) is 30.5 Å². The highest BCUT2D eigenvalue weighted by atomic mass is 32.1. The number of halogens is 1. The molecule has 0 radical (unpaired) electrons. The van der Waals surface area contributed by atoms with Crippen LogP contribution in [0.5, 0.6) is 0 Å². The summed E-state index contributed by atoms with van der Waals surface area (Å²) in [6, 6.07) is 11.2. The van der Waals surface area contributed by atoms with Crippen LogP contribution in [0, 0.1) is 5.82 Å². The molecule has 0 fully saturated rings. The fourth-order valence-electron chi connectivity index (χ4n) is 2.58. The lowest BCUT2D eigenvalue weighted by atomic mass is 10.2. The molecule has 0 aliphatic carbocycles. The van der Waals surface area contributed by atoms with E-state index >= 15 is 0 Å². The van der Waals surface area contributed by atoms with Crippen molar-refractivity contribution in [2.75, 3.05) is 34.7 Å². The Morgan fingerprint density at radius 2 is 2.04 bits per heavy atom. The summed E-state index contributed by atoms with van der Waals surface area (Å²) in [5.74, 6) is 0.580. The van der Waals surface area contributed by atoms with Gasteiger partial charge in [0.1, 0.15) is 5.82 Å². The Bertz CT molecular complexity index is 655. The highest BCUT2D eigenvalue weighted by Gasteiger charge is 2.16. The maximum absolute atomic E-state index is 13.3. The van der Waals surface area contributed by atoms with E-state index in [0.29, 0.717) is 6.54 Å². The third kappa shape index (κ3) is 5.04. The standard InChI is InChI=1S/C18H25FN4S/c1-20-18(23(4)13-14-7-5-8-15(19)11-14)21-12-16(22(2)3)17-9-6-10-24-17/h5-11,16H,12-13H2,1-4H3,(H,20,21). The number of hydrogen-bond donors (Lipinski definition) is 1. The molecule has 1 atom stereocenters. The molecule has 24 heavy (non-hydrogen) atoms. The van der Waals surface area contributed by atoms with Gasteiger partial charge in [0.05, 0.1) is 6.04 Å². The van der Waals surface area contributed by atoms with Gasteiger partial charge in [-0.25, -0.2) is 4.39 Å². The summed E-state index contributed by atoms with van der Waals surface area (Å²) in [4.78, 5) is 9.85. The number of aliphatic imine (C=N–C) groups is 1. The van der Waals surface area contributed by atoms with E-state index in [0.717, 1.165) is 18.1 Å². The number of likely N-dealkylation sites (N-methyl/N-ethyl adjacent to an activating group) is 1. The molecule has 1 aromatic heterocycles. The van der Waals surface area contributed by atoms with Crippen molar-refractivity contribution in [3.8, 4) is 0 Å². The van der Waals surface area contributed by atoms with E-state index < -0.39 is 0 Å². The summed E-state index contributed by atoms with van der Waals surface area (Å²) in [7, 11) is 7.87. The predicted octanol–water partition coefficient (Wildman–Crippen LogP) is 3.20. The van der Waals surface area contributed by atoms with Crippen molar-refractivity contribution in [1.82, 2.24) is 15.1 Å². The number of nitrogens with zero attached hydrogens (tertiary/aromatic N) is 3. The molecule has 1 unspecified atom stereocenters. The maximum atomic E-state index is 13.3. The second kappa shape index (κ2) is 8.80. The minimum absolute atomic E-state index is 0.214. The fourth-order valence-corrected chi connectivity index (χ4v) is 3.50. The lowest BCUT2D eigenvalue weighted by Crippen LogP contribution is -2.42. The molecular formula is C18H25FN4S. The zero-order valence-electron chi connectivity index (χ0n) is 14.7. The van der Waals surface area contributed by atoms with Crippen molar-refractivity contribution in [1.29, 1.82) is 0 Å². The van der Waals surface area contributed by atoms with Crippen molar-refractivity contribution in [2.45, 2.75) is 12.6 Å². The van der Waals surface area contributed by atoms with Gasteiger partial charge in [-0.2, -0.15) is 0 Å². The number of rotatable bonds is 6. The molecule has 0 aliphatic rings. The van der Waals surface area contributed by atoms with Crippen LogP contribution < -0.4 is 5.32 Å². The molecule has 0 saturated heterocycles. The SMILES string of the molecule is CN=C(NCC(c1cccs1)N(C)C)N(C)Cc1cccc(F)c1. The smallest absolute Gasteiger partial charge is 0.193 e. The first-order chi connectivity index (χ1) is 11.5. The van der Waals surface area contributed by atoms with Crippen molar-refractivity contribution in [3.05, 3.63) is 58.0 Å². The highest BCUT2D eigenvalue weighted by Crippen LogP contribution is 2.22. The first-order valence-electron chi connectivity index (χ1n) is 7.87. The van der Waals surface area contributed by atoms with Gasteiger partial charge in [-0.1, -0.05) is 18.2 Å². The lowest BCUT2D eigenvalue weighted by Gasteiger charge is -2.27. The lowest BCUT2D eigenvalue weighted by molar-refractivity contribution is 0.299. The Balaban J connectivity index is 1.98. The molecule has 4 nitrogen and oxygen atoms in total. The zero-order chi connectivity index (χ0) is 17.5. The van der Waals surface area contributed by atoms with E-state index in [-0.39, 0.29) is 11.9 Å². The summed E-state index contributed by atoms with van der Waals surface area (Å²) < 4.78 is 13.3. The largest absolute Gasteiger partial charge is 0.354 e. The summed E-state index contributed by atoms with van der Waals surface area (Å²) in [6.45, 7) is 1.36. The van der Waals surface area contributed by atoms with Gasteiger partial charge in [0.15, 0.2) is 5.96 Å². The molecule has 0 amide bonds. The van der Waals surface area contributed by atoms with Gasteiger partial charge in [-0.3, -0.25) is 4.99 Å². The number of hydrogen-bond acceptors (Lipinski definition) is 3. The van der Waals surface area contributed by atoms with Crippen LogP contribution in [-0.2, 0) is 6.54 Å². The molecule has 0 bridgehead atoms. The second-order valence-corrected chi connectivity index (χ2v) is 6.89. The third-order valence-corrected chi connectivity index (χ3v) is 4.80. The Hall–Kier alpha value is -1.92. The molecular weight excluding hydrogens is 323 g/mol. The van der Waals surface area contributed by atoms with Gasteiger partial charge in [-0.15, -0.1) is 11.3 Å². The quantitative estimate of drug-likeness (QED) is 0.642. The summed E-state index contributed by atoms with van der Waals surface area (Å²) in [6.07, 6.45) is 0. The Kier molecular flexibility index (Phi) is 6.75. The monoisotopic (exact) mass is 348 g/mol. The van der Waals surface area contributed by atoms with Crippen molar-refractivity contribution >= 4 is 17.3 Å². The van der Waals surface area contributed by atoms with E-state index in [1.807, 2.05) is 18.0 Å². The third-order valence-electron chi connectivity index (χ3n) is 3.83. The molecule has 6 heteroatoms. The molecule has 130 valence electrons. The molecule has 0 saturated carbocycles. The average molecular weight is 348 g/mol. The molecule has 1 heterocycles. The number of thiophene rings is 1. The first kappa shape index (κ1) is 18.4. The van der Waals surface area contributed by atoms with Crippen LogP contribution in [0.3, 0.4) is 0 Å². The minimum atomic E-state index is -0.214. The molecule has 2 rings (SSSR count). The first-order valence-corrected chi connectivity index (χ1v) is 8.75. The van der Waals surface area contributed by atoms with Gasteiger partial charge in [0, 0.05) is 32.1 Å². The summed E-state index contributed by atoms with van der Waals surface area (Å²) in [5.41, 5.74) is 0.919. The summed E-state index contributed by atoms with van der Waals surface area (Å²) in [5, 5.41) is 5.51. The van der Waals surface area contributed by atoms with Crippen LogP contribution in [0.2, 0.25) is 0 Å². The van der Waals surface area contributed by atoms with Gasteiger partial charge >= 0.3 is 0 Å². The highest BCUT2D eigenvalue weighted by molar-refractivity contribution is 7.10. The number of nitrogens with one attached hydrogen (secondary N) is 1. The van der Waals surface area contributed by atoms with Gasteiger partial charge < -0.3 is 15.1 Å². The molecule has 0 aliphatic heterocycles. The Morgan fingerprint density at radius 3 is 2.62 bits per heavy atom. The molecule has 2 aromatic rings. The van der Waals surface area contributed by atoms with Crippen LogP contribution >= 0.6 is 11.3 Å². The maximum Gasteiger partial charge on any atom is 0.193 e. The number of benzene rings is 1. The summed E-state index contributed by atoms with van der Waals surface area (Å²) >= 11 is 1.75. The van der Waals surface area contributed by atoms with Gasteiger partial charge in [0.2, 0.25) is 0 Å². The number of guanidine groups is 1.